The largest absolute Gasteiger partial charge is 0.285 e. The lowest BCUT2D eigenvalue weighted by molar-refractivity contribution is 0.0817. The predicted octanol–water partition coefficient (Wildman–Crippen LogP) is 14.8. The Balaban J connectivity index is 0.822. The third-order valence-corrected chi connectivity index (χ3v) is 15.1. The number of ketones is 2. The molecule has 4 aliphatic rings. The Labute approximate surface area is 383 Å². The van der Waals surface area contributed by atoms with Gasteiger partial charge in [-0.25, -0.2) is 0 Å². The smallest absolute Gasteiger partial charge is 0.233 e. The van der Waals surface area contributed by atoms with Crippen molar-refractivity contribution < 1.29 is 9.59 Å². The fourth-order valence-electron chi connectivity index (χ4n) is 12.7. The van der Waals surface area contributed by atoms with Gasteiger partial charge < -0.3 is 0 Å². The third kappa shape index (κ3) is 4.60. The second kappa shape index (κ2) is 13.5. The number of carbonyl (C=O) groups excluding carboxylic acids is 2. The van der Waals surface area contributed by atoms with Crippen LogP contribution in [0.4, 0.5) is 0 Å². The summed E-state index contributed by atoms with van der Waals surface area (Å²) < 4.78 is 0. The van der Waals surface area contributed by atoms with E-state index >= 15 is 0 Å². The van der Waals surface area contributed by atoms with Crippen molar-refractivity contribution in [3.05, 3.63) is 286 Å². The van der Waals surface area contributed by atoms with Crippen molar-refractivity contribution in [1.82, 2.24) is 0 Å². The van der Waals surface area contributed by atoms with Crippen LogP contribution < -0.4 is 0 Å². The molecule has 0 aliphatic heterocycles. The van der Waals surface area contributed by atoms with Gasteiger partial charge in [0.1, 0.15) is 0 Å². The van der Waals surface area contributed by atoms with E-state index in [0.29, 0.717) is 11.1 Å². The standard InChI is InChI=1S/C64H38O2/c65-61(41-35-31-39(32-36-41)43-21-13-23-51-49-19-5-11-29-57(49)63(59(43)51)53-25-7-1-15-45(53)46-16-2-8-26-54(46)63)62(66)42-37-33-40(34-38-42)44-22-14-24-52-50-20-6-12-30-58(50)64(60(44)52)55-27-9-3-17-47(55)48-18-4-10-28-56(48)64/h1-38H. The van der Waals surface area contributed by atoms with Crippen molar-refractivity contribution in [2.45, 2.75) is 10.8 Å². The maximum absolute atomic E-state index is 14.1. The second-order valence-electron chi connectivity index (χ2n) is 18.0. The van der Waals surface area contributed by atoms with Gasteiger partial charge in [-0.15, -0.1) is 0 Å². The first-order chi connectivity index (χ1) is 32.6. The van der Waals surface area contributed by atoms with Gasteiger partial charge in [-0.3, -0.25) is 9.59 Å². The lowest BCUT2D eigenvalue weighted by atomic mass is 9.68. The second-order valence-corrected chi connectivity index (χ2v) is 18.0. The first-order valence-corrected chi connectivity index (χ1v) is 22.8. The molecule has 0 saturated heterocycles. The minimum absolute atomic E-state index is 0.370. The fraction of sp³-hybridized carbons (Fsp3) is 0.0312. The van der Waals surface area contributed by atoms with E-state index in [1.807, 2.05) is 48.5 Å². The van der Waals surface area contributed by atoms with Crippen LogP contribution in [-0.2, 0) is 10.8 Å². The molecule has 2 nitrogen and oxygen atoms in total. The Morgan fingerprint density at radius 2 is 0.455 bits per heavy atom. The van der Waals surface area contributed by atoms with Gasteiger partial charge in [-0.1, -0.05) is 231 Å². The molecule has 0 atom stereocenters. The molecule has 10 aromatic carbocycles. The number of hydrogen-bond donors (Lipinski definition) is 0. The average Bonchev–Trinajstić information content (AvgIpc) is 4.08. The summed E-state index contributed by atoms with van der Waals surface area (Å²) in [4.78, 5) is 28.2. The molecule has 0 aromatic heterocycles. The molecule has 0 saturated carbocycles. The summed E-state index contributed by atoms with van der Waals surface area (Å²) in [5.74, 6) is -1.05. The van der Waals surface area contributed by atoms with E-state index < -0.39 is 22.4 Å². The monoisotopic (exact) mass is 838 g/mol. The van der Waals surface area contributed by atoms with E-state index in [4.69, 9.17) is 0 Å². The van der Waals surface area contributed by atoms with Gasteiger partial charge >= 0.3 is 0 Å². The number of carbonyl (C=O) groups is 2. The number of benzene rings is 10. The molecule has 0 amide bonds. The van der Waals surface area contributed by atoms with E-state index in [1.54, 1.807) is 0 Å². The van der Waals surface area contributed by atoms with E-state index in [0.717, 1.165) is 22.3 Å². The highest BCUT2D eigenvalue weighted by Crippen LogP contribution is 2.66. The SMILES string of the molecule is O=C(C(=O)c1ccc(-c2cccc3c2C2(c4ccccc4-c4ccccc42)c2ccccc2-3)cc1)c1ccc(-c2cccc3c2C2(c4ccccc4-c4ccccc42)c2ccccc2-3)cc1. The molecule has 2 spiro atoms. The van der Waals surface area contributed by atoms with Gasteiger partial charge in [0.15, 0.2) is 0 Å². The lowest BCUT2D eigenvalue weighted by Crippen LogP contribution is -2.26. The van der Waals surface area contributed by atoms with Crippen molar-refractivity contribution in [2.75, 3.05) is 0 Å². The minimum atomic E-state index is -0.524. The zero-order valence-corrected chi connectivity index (χ0v) is 35.8. The maximum atomic E-state index is 14.1. The Morgan fingerprint density at radius 1 is 0.227 bits per heavy atom. The number of rotatable bonds is 5. The van der Waals surface area contributed by atoms with Crippen LogP contribution in [0.2, 0.25) is 0 Å². The first kappa shape index (κ1) is 37.0. The van der Waals surface area contributed by atoms with E-state index in [2.05, 4.69) is 182 Å². The molecule has 0 unspecified atom stereocenters. The summed E-state index contributed by atoms with van der Waals surface area (Å²) in [7, 11) is 0. The zero-order chi connectivity index (χ0) is 43.7. The molecule has 0 N–H and O–H groups in total. The van der Waals surface area contributed by atoms with Crippen LogP contribution in [0, 0.1) is 0 Å². The van der Waals surface area contributed by atoms with Gasteiger partial charge in [-0.05, 0) is 111 Å². The highest BCUT2D eigenvalue weighted by molar-refractivity contribution is 6.49. The molecule has 0 bridgehead atoms. The molecular weight excluding hydrogens is 801 g/mol. The predicted molar refractivity (Wildman–Crippen MR) is 265 cm³/mol. The van der Waals surface area contributed by atoms with Crippen LogP contribution in [0.3, 0.4) is 0 Å². The fourth-order valence-corrected chi connectivity index (χ4v) is 12.7. The molecule has 66 heavy (non-hydrogen) atoms. The first-order valence-electron chi connectivity index (χ1n) is 22.8. The van der Waals surface area contributed by atoms with Crippen LogP contribution in [-0.4, -0.2) is 11.6 Å². The summed E-state index contributed by atoms with van der Waals surface area (Å²) in [6, 6.07) is 81.3. The van der Waals surface area contributed by atoms with Crippen LogP contribution >= 0.6 is 0 Å². The van der Waals surface area contributed by atoms with Crippen molar-refractivity contribution in [2.24, 2.45) is 0 Å². The summed E-state index contributed by atoms with van der Waals surface area (Å²) in [6.45, 7) is 0. The lowest BCUT2D eigenvalue weighted by Gasteiger charge is -2.32. The molecule has 14 rings (SSSR count). The van der Waals surface area contributed by atoms with E-state index in [-0.39, 0.29) is 0 Å². The summed E-state index contributed by atoms with van der Waals surface area (Å²) in [5, 5.41) is 0. The van der Waals surface area contributed by atoms with E-state index in [1.165, 1.54) is 89.0 Å². The molecule has 0 fully saturated rings. The average molecular weight is 839 g/mol. The van der Waals surface area contributed by atoms with Crippen LogP contribution in [0.25, 0.3) is 66.8 Å². The molecule has 2 heteroatoms. The number of fused-ring (bicyclic) bond motifs is 20. The third-order valence-electron chi connectivity index (χ3n) is 15.1. The van der Waals surface area contributed by atoms with Crippen LogP contribution in [0.15, 0.2) is 231 Å². The number of hydrogen-bond acceptors (Lipinski definition) is 2. The minimum Gasteiger partial charge on any atom is -0.285 e. The van der Waals surface area contributed by atoms with Gasteiger partial charge in [0, 0.05) is 11.1 Å². The molecule has 0 radical (unpaired) electrons. The summed E-state index contributed by atoms with van der Waals surface area (Å²) in [6.07, 6.45) is 0. The van der Waals surface area contributed by atoms with Crippen molar-refractivity contribution >= 4 is 11.6 Å². The highest BCUT2D eigenvalue weighted by atomic mass is 16.2. The molecule has 306 valence electrons. The molecular formula is C64H38O2. The summed E-state index contributed by atoms with van der Waals surface area (Å²) >= 11 is 0. The Kier molecular flexibility index (Phi) is 7.58. The quantitative estimate of drug-likeness (QED) is 0.128. The Hall–Kier alpha value is -8.46. The Morgan fingerprint density at radius 3 is 0.742 bits per heavy atom. The number of Topliss-reactive ketones (excluding diaryl/α,β-unsaturated/α-hetero) is 2. The van der Waals surface area contributed by atoms with Gasteiger partial charge in [0.2, 0.25) is 11.6 Å². The van der Waals surface area contributed by atoms with Crippen LogP contribution in [0.5, 0.6) is 0 Å². The normalized spacial score (nSPS) is 14.1. The van der Waals surface area contributed by atoms with Crippen molar-refractivity contribution in [3.8, 4) is 66.8 Å². The summed E-state index contributed by atoms with van der Waals surface area (Å²) in [5.41, 5.74) is 24.1. The van der Waals surface area contributed by atoms with Gasteiger partial charge in [-0.2, -0.15) is 0 Å². The van der Waals surface area contributed by atoms with Crippen molar-refractivity contribution in [3.63, 3.8) is 0 Å². The van der Waals surface area contributed by atoms with Gasteiger partial charge in [0.05, 0.1) is 10.8 Å². The van der Waals surface area contributed by atoms with Gasteiger partial charge in [0.25, 0.3) is 0 Å². The topological polar surface area (TPSA) is 34.1 Å². The van der Waals surface area contributed by atoms with E-state index in [9.17, 15) is 9.59 Å². The Bertz CT molecular complexity index is 3360. The molecule has 10 aromatic rings. The van der Waals surface area contributed by atoms with Crippen LogP contribution in [0.1, 0.15) is 65.2 Å². The molecule has 0 heterocycles. The van der Waals surface area contributed by atoms with Crippen molar-refractivity contribution in [1.29, 1.82) is 0 Å². The maximum Gasteiger partial charge on any atom is 0.233 e. The zero-order valence-electron chi connectivity index (χ0n) is 35.8. The molecule has 4 aliphatic carbocycles. The highest BCUT2D eigenvalue weighted by Gasteiger charge is 2.54.